The molecule has 0 saturated heterocycles. The summed E-state index contributed by atoms with van der Waals surface area (Å²) in [6.07, 6.45) is 1.34. The maximum atomic E-state index is 12.8. The average molecular weight is 388 g/mol. The number of hydrogen-bond donors (Lipinski definition) is 1. The molecule has 1 unspecified atom stereocenters. The molecule has 9 heteroatoms. The number of non-ortho nitro benzene ring substituents is 1. The number of carbonyl (C=O) groups is 2. The maximum absolute atomic E-state index is 12.8. The highest BCUT2D eigenvalue weighted by Gasteiger charge is 2.20. The molecule has 2 rings (SSSR count). The third-order valence-corrected chi connectivity index (χ3v) is 3.60. The van der Waals surface area contributed by atoms with Crippen molar-refractivity contribution in [3.63, 3.8) is 0 Å². The van der Waals surface area contributed by atoms with Crippen LogP contribution in [-0.2, 0) is 14.3 Å². The van der Waals surface area contributed by atoms with E-state index in [0.717, 1.165) is 12.1 Å². The normalized spacial score (nSPS) is 11.7. The molecule has 8 nitrogen and oxygen atoms in total. The van der Waals surface area contributed by atoms with E-state index in [1.54, 1.807) is 0 Å². The Labute approximate surface area is 159 Å². The molecule has 0 spiro atoms. The number of hydrogen-bond acceptors (Lipinski definition) is 6. The van der Waals surface area contributed by atoms with Crippen LogP contribution in [0.3, 0.4) is 0 Å². The van der Waals surface area contributed by atoms with E-state index in [0.29, 0.717) is 5.56 Å². The second kappa shape index (κ2) is 9.26. The first kappa shape index (κ1) is 20.6. The van der Waals surface area contributed by atoms with Gasteiger partial charge in [0.25, 0.3) is 11.6 Å². The number of nitrogens with zero attached hydrogens (tertiary/aromatic N) is 1. The number of nitro benzene ring substituents is 1. The van der Waals surface area contributed by atoms with Crippen LogP contribution in [0.2, 0.25) is 0 Å². The number of ether oxygens (including phenoxy) is 2. The van der Waals surface area contributed by atoms with Crippen molar-refractivity contribution in [2.24, 2.45) is 0 Å². The lowest BCUT2D eigenvalue weighted by atomic mass is 10.2. The van der Waals surface area contributed by atoms with Gasteiger partial charge in [-0.05, 0) is 36.8 Å². The number of esters is 1. The molecule has 0 aliphatic heterocycles. The molecule has 0 aliphatic carbocycles. The first-order valence-electron chi connectivity index (χ1n) is 8.07. The van der Waals surface area contributed by atoms with Gasteiger partial charge in [0.05, 0.1) is 17.7 Å². The lowest BCUT2D eigenvalue weighted by Crippen LogP contribution is -2.29. The van der Waals surface area contributed by atoms with E-state index in [2.05, 4.69) is 5.32 Å². The van der Waals surface area contributed by atoms with Crippen LogP contribution in [0.25, 0.3) is 6.08 Å². The summed E-state index contributed by atoms with van der Waals surface area (Å²) in [5.41, 5.74) is 0.422. The van der Waals surface area contributed by atoms with Crippen LogP contribution >= 0.6 is 0 Å². The molecule has 0 radical (unpaired) electrons. The van der Waals surface area contributed by atoms with Crippen molar-refractivity contribution < 1.29 is 28.4 Å². The number of methoxy groups -OCH3 is 1. The summed E-state index contributed by atoms with van der Waals surface area (Å²) >= 11 is 0. The Morgan fingerprint density at radius 2 is 1.89 bits per heavy atom. The Kier molecular flexibility index (Phi) is 6.80. The molecule has 0 fully saturated rings. The van der Waals surface area contributed by atoms with E-state index in [9.17, 15) is 24.1 Å². The number of rotatable bonds is 7. The third-order valence-electron chi connectivity index (χ3n) is 3.60. The predicted octanol–water partition coefficient (Wildman–Crippen LogP) is 3.33. The monoisotopic (exact) mass is 388 g/mol. The van der Waals surface area contributed by atoms with Crippen molar-refractivity contribution in [2.45, 2.75) is 13.0 Å². The van der Waals surface area contributed by atoms with Gasteiger partial charge in [-0.25, -0.2) is 9.18 Å². The Bertz CT molecular complexity index is 911. The number of nitro groups is 1. The van der Waals surface area contributed by atoms with E-state index in [1.807, 2.05) is 0 Å². The van der Waals surface area contributed by atoms with Crippen molar-refractivity contribution in [1.29, 1.82) is 0 Å². The first-order valence-corrected chi connectivity index (χ1v) is 8.07. The second-order valence-electron chi connectivity index (χ2n) is 5.59. The van der Waals surface area contributed by atoms with Crippen molar-refractivity contribution in [3.05, 3.63) is 70.0 Å². The van der Waals surface area contributed by atoms with E-state index < -0.39 is 28.7 Å². The standard InChI is InChI=1S/C19H17FN2O6/c1-12(28-18(23)10-5-13-3-6-14(20)7-4-13)19(24)21-16-11-15(22(25)26)8-9-17(16)27-2/h3-12H,1-2H3,(H,21,24)/b10-5+. The van der Waals surface area contributed by atoms with Gasteiger partial charge in [0, 0.05) is 18.2 Å². The average Bonchev–Trinajstić information content (AvgIpc) is 2.67. The molecular formula is C19H17FN2O6. The predicted molar refractivity (Wildman–Crippen MR) is 99.3 cm³/mol. The van der Waals surface area contributed by atoms with Gasteiger partial charge < -0.3 is 14.8 Å². The summed E-state index contributed by atoms with van der Waals surface area (Å²) in [6.45, 7) is 1.35. The summed E-state index contributed by atoms with van der Waals surface area (Å²) in [5.74, 6) is -1.66. The van der Waals surface area contributed by atoms with Gasteiger partial charge in [0.1, 0.15) is 11.6 Å². The van der Waals surface area contributed by atoms with E-state index in [4.69, 9.17) is 9.47 Å². The Hall–Kier alpha value is -3.75. The molecular weight excluding hydrogens is 371 g/mol. The number of carbonyl (C=O) groups excluding carboxylic acids is 2. The number of benzene rings is 2. The molecule has 0 heterocycles. The van der Waals surface area contributed by atoms with Crippen molar-refractivity contribution in [1.82, 2.24) is 0 Å². The fraction of sp³-hybridized carbons (Fsp3) is 0.158. The summed E-state index contributed by atoms with van der Waals surface area (Å²) in [5, 5.41) is 13.3. The van der Waals surface area contributed by atoms with Crippen LogP contribution in [0.1, 0.15) is 12.5 Å². The molecule has 2 aromatic rings. The Balaban J connectivity index is 2.00. The van der Waals surface area contributed by atoms with E-state index in [-0.39, 0.29) is 17.1 Å². The van der Waals surface area contributed by atoms with E-state index in [1.165, 1.54) is 56.5 Å². The molecule has 0 saturated carbocycles. The van der Waals surface area contributed by atoms with Crippen molar-refractivity contribution in [3.8, 4) is 5.75 Å². The highest BCUT2D eigenvalue weighted by Crippen LogP contribution is 2.29. The number of anilines is 1. The fourth-order valence-electron chi connectivity index (χ4n) is 2.15. The minimum Gasteiger partial charge on any atom is -0.495 e. The van der Waals surface area contributed by atoms with Crippen LogP contribution in [0.15, 0.2) is 48.5 Å². The van der Waals surface area contributed by atoms with Crippen molar-refractivity contribution >= 4 is 29.3 Å². The zero-order valence-electron chi connectivity index (χ0n) is 15.0. The summed E-state index contributed by atoms with van der Waals surface area (Å²) < 4.78 is 22.9. The SMILES string of the molecule is COc1ccc([N+](=O)[O-])cc1NC(=O)C(C)OC(=O)/C=C/c1ccc(F)cc1. The molecule has 0 bridgehead atoms. The molecule has 146 valence electrons. The van der Waals surface area contributed by atoms with Gasteiger partial charge in [-0.3, -0.25) is 14.9 Å². The van der Waals surface area contributed by atoms with Crippen LogP contribution in [-0.4, -0.2) is 30.0 Å². The smallest absolute Gasteiger partial charge is 0.331 e. The topological polar surface area (TPSA) is 108 Å². The van der Waals surface area contributed by atoms with Gasteiger partial charge in [-0.15, -0.1) is 0 Å². The van der Waals surface area contributed by atoms with Gasteiger partial charge >= 0.3 is 5.97 Å². The molecule has 1 amide bonds. The highest BCUT2D eigenvalue weighted by molar-refractivity contribution is 5.97. The van der Waals surface area contributed by atoms with Crippen LogP contribution in [0, 0.1) is 15.9 Å². The van der Waals surface area contributed by atoms with E-state index >= 15 is 0 Å². The zero-order chi connectivity index (χ0) is 20.7. The van der Waals surface area contributed by atoms with Crippen LogP contribution in [0.4, 0.5) is 15.8 Å². The van der Waals surface area contributed by atoms with Crippen molar-refractivity contribution in [2.75, 3.05) is 12.4 Å². The lowest BCUT2D eigenvalue weighted by molar-refractivity contribution is -0.384. The molecule has 2 aromatic carbocycles. The largest absolute Gasteiger partial charge is 0.495 e. The fourth-order valence-corrected chi connectivity index (χ4v) is 2.15. The lowest BCUT2D eigenvalue weighted by Gasteiger charge is -2.14. The summed E-state index contributed by atoms with van der Waals surface area (Å²) in [6, 6.07) is 9.16. The zero-order valence-corrected chi connectivity index (χ0v) is 15.0. The number of nitrogens with one attached hydrogen (secondary N) is 1. The van der Waals surface area contributed by atoms with Crippen LogP contribution < -0.4 is 10.1 Å². The molecule has 28 heavy (non-hydrogen) atoms. The molecule has 0 aliphatic rings. The highest BCUT2D eigenvalue weighted by atomic mass is 19.1. The van der Waals surface area contributed by atoms with Gasteiger partial charge in [-0.1, -0.05) is 12.1 Å². The molecule has 0 aromatic heterocycles. The second-order valence-corrected chi connectivity index (χ2v) is 5.59. The maximum Gasteiger partial charge on any atom is 0.331 e. The Morgan fingerprint density at radius 1 is 1.21 bits per heavy atom. The minimum absolute atomic E-state index is 0.0754. The summed E-state index contributed by atoms with van der Waals surface area (Å²) in [4.78, 5) is 34.3. The number of halogens is 1. The summed E-state index contributed by atoms with van der Waals surface area (Å²) in [7, 11) is 1.35. The first-order chi connectivity index (χ1) is 13.3. The Morgan fingerprint density at radius 3 is 2.50 bits per heavy atom. The molecule has 1 N–H and O–H groups in total. The van der Waals surface area contributed by atoms with Gasteiger partial charge in [0.2, 0.25) is 0 Å². The molecule has 1 atom stereocenters. The van der Waals surface area contributed by atoms with Gasteiger partial charge in [0.15, 0.2) is 6.10 Å². The quantitative estimate of drug-likeness (QED) is 0.337. The minimum atomic E-state index is -1.17. The third kappa shape index (κ3) is 5.63. The number of amides is 1. The van der Waals surface area contributed by atoms with Crippen LogP contribution in [0.5, 0.6) is 5.75 Å². The van der Waals surface area contributed by atoms with Gasteiger partial charge in [-0.2, -0.15) is 0 Å².